The third-order valence-corrected chi connectivity index (χ3v) is 3.12. The van der Waals surface area contributed by atoms with E-state index in [0.29, 0.717) is 11.1 Å². The lowest BCUT2D eigenvalue weighted by atomic mass is 9.97. The van der Waals surface area contributed by atoms with Crippen molar-refractivity contribution >= 4 is 21.9 Å². The highest BCUT2D eigenvalue weighted by Gasteiger charge is 2.20. The van der Waals surface area contributed by atoms with Crippen LogP contribution in [0, 0.1) is 0 Å². The number of aliphatic hydroxyl groups is 2. The molecule has 0 heterocycles. The molecule has 2 unspecified atom stereocenters. The molecule has 0 aliphatic carbocycles. The van der Waals surface area contributed by atoms with Gasteiger partial charge in [-0.05, 0) is 11.1 Å². The zero-order chi connectivity index (χ0) is 12.8. The summed E-state index contributed by atoms with van der Waals surface area (Å²) >= 11 is 3.10. The maximum absolute atomic E-state index is 11.2. The highest BCUT2D eigenvalue weighted by molar-refractivity contribution is 9.09. The molecule has 0 aliphatic heterocycles. The van der Waals surface area contributed by atoms with Crippen LogP contribution in [0.5, 0.6) is 0 Å². The lowest BCUT2D eigenvalue weighted by Gasteiger charge is -2.18. The average Bonchev–Trinajstić information content (AvgIpc) is 2.37. The molecule has 0 bridgehead atoms. The lowest BCUT2D eigenvalue weighted by molar-refractivity contribution is -0.139. The predicted molar refractivity (Wildman–Crippen MR) is 66.9 cm³/mol. The van der Waals surface area contributed by atoms with Gasteiger partial charge in [0.25, 0.3) is 0 Å². The van der Waals surface area contributed by atoms with Crippen LogP contribution in [-0.2, 0) is 16.0 Å². The number of aliphatic hydroxyl groups excluding tert-OH is 2. The van der Waals surface area contributed by atoms with E-state index in [1.807, 2.05) is 0 Å². The molecule has 2 atom stereocenters. The van der Waals surface area contributed by atoms with Crippen molar-refractivity contribution in [2.24, 2.45) is 0 Å². The largest absolute Gasteiger partial charge is 0.469 e. The molecule has 1 aromatic rings. The number of esters is 1. The molecule has 4 nitrogen and oxygen atoms in total. The Labute approximate surface area is 108 Å². The van der Waals surface area contributed by atoms with Gasteiger partial charge in [0.2, 0.25) is 0 Å². The van der Waals surface area contributed by atoms with E-state index < -0.39 is 12.2 Å². The van der Waals surface area contributed by atoms with E-state index in [1.54, 1.807) is 24.3 Å². The van der Waals surface area contributed by atoms with E-state index in [0.717, 1.165) is 0 Å². The summed E-state index contributed by atoms with van der Waals surface area (Å²) in [5, 5.41) is 19.8. The van der Waals surface area contributed by atoms with Crippen LogP contribution in [0.4, 0.5) is 0 Å². The first-order chi connectivity index (χ1) is 8.10. The number of benzene rings is 1. The highest BCUT2D eigenvalue weighted by Crippen LogP contribution is 2.22. The van der Waals surface area contributed by atoms with Crippen molar-refractivity contribution in [1.29, 1.82) is 0 Å². The summed E-state index contributed by atoms with van der Waals surface area (Å²) in [4.78, 5) is 11.2. The molecule has 17 heavy (non-hydrogen) atoms. The quantitative estimate of drug-likeness (QED) is 0.633. The Balaban J connectivity index is 2.94. The van der Waals surface area contributed by atoms with Crippen LogP contribution in [0.3, 0.4) is 0 Å². The molecule has 2 N–H and O–H groups in total. The number of rotatable bonds is 5. The number of alkyl halides is 1. The van der Waals surface area contributed by atoms with Gasteiger partial charge in [-0.25, -0.2) is 0 Å². The molecular formula is C12H15BrO4. The Morgan fingerprint density at radius 1 is 1.41 bits per heavy atom. The van der Waals surface area contributed by atoms with Gasteiger partial charge in [-0.15, -0.1) is 0 Å². The van der Waals surface area contributed by atoms with Crippen molar-refractivity contribution in [1.82, 2.24) is 0 Å². The molecule has 0 saturated heterocycles. The second kappa shape index (κ2) is 6.74. The van der Waals surface area contributed by atoms with Gasteiger partial charge in [0.05, 0.1) is 19.6 Å². The molecule has 0 amide bonds. The molecule has 0 saturated carbocycles. The van der Waals surface area contributed by atoms with Crippen LogP contribution in [0.15, 0.2) is 24.3 Å². The number of ether oxygens (including phenoxy) is 1. The number of methoxy groups -OCH3 is 1. The topological polar surface area (TPSA) is 66.8 Å². The summed E-state index contributed by atoms with van der Waals surface area (Å²) in [7, 11) is 1.31. The lowest BCUT2D eigenvalue weighted by Crippen LogP contribution is -2.21. The van der Waals surface area contributed by atoms with Gasteiger partial charge < -0.3 is 14.9 Å². The van der Waals surface area contributed by atoms with Crippen molar-refractivity contribution in [2.45, 2.75) is 18.6 Å². The molecule has 94 valence electrons. The van der Waals surface area contributed by atoms with Crippen LogP contribution in [-0.4, -0.2) is 34.7 Å². The van der Waals surface area contributed by atoms with Gasteiger partial charge in [-0.2, -0.15) is 0 Å². The zero-order valence-electron chi connectivity index (χ0n) is 9.47. The van der Waals surface area contributed by atoms with E-state index in [1.165, 1.54) is 7.11 Å². The van der Waals surface area contributed by atoms with Gasteiger partial charge in [-0.3, -0.25) is 4.79 Å². The first-order valence-corrected chi connectivity index (χ1v) is 6.29. The molecule has 5 heteroatoms. The van der Waals surface area contributed by atoms with E-state index >= 15 is 0 Å². The molecule has 0 fully saturated rings. The number of carbonyl (C=O) groups is 1. The zero-order valence-corrected chi connectivity index (χ0v) is 11.1. The van der Waals surface area contributed by atoms with Crippen molar-refractivity contribution < 1.29 is 19.7 Å². The summed E-state index contributed by atoms with van der Waals surface area (Å²) < 4.78 is 4.58. The second-order valence-electron chi connectivity index (χ2n) is 3.62. The van der Waals surface area contributed by atoms with Crippen LogP contribution in [0.1, 0.15) is 17.2 Å². The van der Waals surface area contributed by atoms with Gasteiger partial charge >= 0.3 is 5.97 Å². The molecule has 0 aliphatic rings. The summed E-state index contributed by atoms with van der Waals surface area (Å²) in [6.45, 7) is 0. The van der Waals surface area contributed by atoms with Gasteiger partial charge in [0.1, 0.15) is 6.10 Å². The third-order valence-electron chi connectivity index (χ3n) is 2.46. The molecule has 0 radical (unpaired) electrons. The van der Waals surface area contributed by atoms with Gasteiger partial charge in [-0.1, -0.05) is 40.2 Å². The Hall–Kier alpha value is -0.910. The average molecular weight is 303 g/mol. The van der Waals surface area contributed by atoms with Crippen LogP contribution < -0.4 is 0 Å². The fraction of sp³-hybridized carbons (Fsp3) is 0.417. The number of hydrogen-bond acceptors (Lipinski definition) is 4. The minimum absolute atomic E-state index is 0.0821. The first-order valence-electron chi connectivity index (χ1n) is 5.16. The van der Waals surface area contributed by atoms with Crippen molar-refractivity contribution in [3.8, 4) is 0 Å². The standard InChI is InChI=1S/C12H15BrO4/c1-17-11(15)6-8-4-2-3-5-9(8)12(16)10(14)7-13/h2-5,10,12,14,16H,6-7H2,1H3. The SMILES string of the molecule is COC(=O)Cc1ccccc1C(O)C(O)CBr. The van der Waals surface area contributed by atoms with Crippen LogP contribution in [0.2, 0.25) is 0 Å². The van der Waals surface area contributed by atoms with E-state index in [-0.39, 0.29) is 17.7 Å². The summed E-state index contributed by atoms with van der Waals surface area (Å²) in [6.07, 6.45) is -1.84. The molecule has 0 aromatic heterocycles. The number of halogens is 1. The summed E-state index contributed by atoms with van der Waals surface area (Å²) in [5.41, 5.74) is 1.21. The Morgan fingerprint density at radius 2 is 2.06 bits per heavy atom. The smallest absolute Gasteiger partial charge is 0.309 e. The second-order valence-corrected chi connectivity index (χ2v) is 4.27. The van der Waals surface area contributed by atoms with Crippen molar-refractivity contribution in [3.63, 3.8) is 0 Å². The Morgan fingerprint density at radius 3 is 2.65 bits per heavy atom. The monoisotopic (exact) mass is 302 g/mol. The highest BCUT2D eigenvalue weighted by atomic mass is 79.9. The maximum atomic E-state index is 11.2. The van der Waals surface area contributed by atoms with Crippen molar-refractivity contribution in [2.75, 3.05) is 12.4 Å². The molecule has 1 rings (SSSR count). The normalized spacial score (nSPS) is 14.1. The van der Waals surface area contributed by atoms with Crippen LogP contribution >= 0.6 is 15.9 Å². The number of carbonyl (C=O) groups excluding carboxylic acids is 1. The minimum Gasteiger partial charge on any atom is -0.469 e. The predicted octanol–water partition coefficient (Wildman–Crippen LogP) is 1.19. The number of hydrogen-bond donors (Lipinski definition) is 2. The minimum atomic E-state index is -1.02. The molecule has 1 aromatic carbocycles. The molecule has 0 spiro atoms. The fourth-order valence-corrected chi connectivity index (χ4v) is 1.86. The van der Waals surface area contributed by atoms with Gasteiger partial charge in [0, 0.05) is 5.33 Å². The Kier molecular flexibility index (Phi) is 5.61. The maximum Gasteiger partial charge on any atom is 0.309 e. The molecular weight excluding hydrogens is 288 g/mol. The summed E-state index contributed by atoms with van der Waals surface area (Å²) in [6, 6.07) is 6.94. The van der Waals surface area contributed by atoms with Crippen LogP contribution in [0.25, 0.3) is 0 Å². The third kappa shape index (κ3) is 3.80. The fourth-order valence-electron chi connectivity index (χ4n) is 1.50. The van der Waals surface area contributed by atoms with E-state index in [9.17, 15) is 15.0 Å². The summed E-state index contributed by atoms with van der Waals surface area (Å²) in [5.74, 6) is -0.377. The van der Waals surface area contributed by atoms with Crippen molar-refractivity contribution in [3.05, 3.63) is 35.4 Å². The first kappa shape index (κ1) is 14.2. The van der Waals surface area contributed by atoms with Gasteiger partial charge in [0.15, 0.2) is 0 Å². The van der Waals surface area contributed by atoms with E-state index in [4.69, 9.17) is 0 Å². The Bertz CT molecular complexity index is 381. The van der Waals surface area contributed by atoms with E-state index in [2.05, 4.69) is 20.7 Å².